The predicted octanol–water partition coefficient (Wildman–Crippen LogP) is 6.51. The molecule has 3 aromatic rings. The van der Waals surface area contributed by atoms with Crippen LogP contribution in [0.4, 0.5) is 0 Å². The molecule has 8 heteroatoms. The number of hydrogen-bond donors (Lipinski definition) is 0. The Kier molecular flexibility index (Phi) is 8.33. The Morgan fingerprint density at radius 3 is 2.39 bits per heavy atom. The van der Waals surface area contributed by atoms with Gasteiger partial charge in [0.1, 0.15) is 10.6 Å². The first-order chi connectivity index (χ1) is 17.5. The van der Waals surface area contributed by atoms with Gasteiger partial charge in [0.05, 0.1) is 10.9 Å². The minimum absolute atomic E-state index is 0.124. The van der Waals surface area contributed by atoms with Gasteiger partial charge >= 0.3 is 0 Å². The van der Waals surface area contributed by atoms with Gasteiger partial charge in [0.2, 0.25) is 0 Å². The number of likely N-dealkylation sites (tertiary alicyclic amines) is 1. The van der Waals surface area contributed by atoms with Gasteiger partial charge < -0.3 is 9.64 Å². The Morgan fingerprint density at radius 1 is 1.03 bits per heavy atom. The van der Waals surface area contributed by atoms with Crippen molar-refractivity contribution in [3.05, 3.63) is 62.6 Å². The molecule has 5 nitrogen and oxygen atoms in total. The number of thiophene rings is 2. The van der Waals surface area contributed by atoms with E-state index in [0.29, 0.717) is 18.7 Å². The molecule has 5 rings (SSSR count). The number of ether oxygens (including phenoxy) is 1. The molecule has 0 N–H and O–H groups in total. The topological polar surface area (TPSA) is 36.0 Å². The molecule has 2 fully saturated rings. The van der Waals surface area contributed by atoms with Crippen LogP contribution < -0.4 is 4.74 Å². The molecule has 2 aliphatic rings. The zero-order chi connectivity index (χ0) is 25.1. The van der Waals surface area contributed by atoms with Crippen molar-refractivity contribution in [1.82, 2.24) is 14.7 Å². The van der Waals surface area contributed by atoms with Gasteiger partial charge in [-0.1, -0.05) is 35.9 Å². The Hall–Kier alpha value is -1.90. The molecule has 0 bridgehead atoms. The van der Waals surface area contributed by atoms with Crippen molar-refractivity contribution in [2.24, 2.45) is 0 Å². The standard InChI is InChI=1S/C28H34ClN3O2S2/c1-3-34-24-12-19-35-27(24)28(33)32-13-10-23(11-14-32)31-17-15-30(16-18-31)20(2)21-4-6-22(7-5-21)25-8-9-26(29)36-25/h4-9,12,19-20,23H,3,10-11,13-18H2,1-2H3/t20-/m0/s1. The lowest BCUT2D eigenvalue weighted by atomic mass is 10.0. The summed E-state index contributed by atoms with van der Waals surface area (Å²) in [6.07, 6.45) is 2.09. The summed E-state index contributed by atoms with van der Waals surface area (Å²) >= 11 is 9.21. The lowest BCUT2D eigenvalue weighted by Gasteiger charge is -2.44. The molecule has 4 heterocycles. The fourth-order valence-electron chi connectivity index (χ4n) is 5.40. The number of amides is 1. The van der Waals surface area contributed by atoms with E-state index < -0.39 is 0 Å². The first-order valence-electron chi connectivity index (χ1n) is 12.9. The molecule has 2 saturated heterocycles. The van der Waals surface area contributed by atoms with E-state index in [-0.39, 0.29) is 5.91 Å². The normalized spacial score (nSPS) is 18.9. The molecule has 0 saturated carbocycles. The summed E-state index contributed by atoms with van der Waals surface area (Å²) in [5.41, 5.74) is 2.59. The average molecular weight is 544 g/mol. The van der Waals surface area contributed by atoms with Gasteiger partial charge in [0.15, 0.2) is 0 Å². The van der Waals surface area contributed by atoms with Gasteiger partial charge in [-0.05, 0) is 61.4 Å². The Balaban J connectivity index is 1.10. The van der Waals surface area contributed by atoms with E-state index in [0.717, 1.165) is 67.1 Å². The summed E-state index contributed by atoms with van der Waals surface area (Å²) < 4.78 is 6.47. The van der Waals surface area contributed by atoms with E-state index in [1.807, 2.05) is 29.3 Å². The third-order valence-electron chi connectivity index (χ3n) is 7.54. The summed E-state index contributed by atoms with van der Waals surface area (Å²) in [7, 11) is 0. The van der Waals surface area contributed by atoms with Crippen LogP contribution in [0.1, 0.15) is 48.0 Å². The summed E-state index contributed by atoms with van der Waals surface area (Å²) in [6, 6.07) is 15.9. The van der Waals surface area contributed by atoms with Gasteiger partial charge in [0, 0.05) is 56.2 Å². The molecule has 1 aromatic carbocycles. The zero-order valence-corrected chi connectivity index (χ0v) is 23.4. The van der Waals surface area contributed by atoms with Crippen LogP contribution in [0.5, 0.6) is 5.75 Å². The van der Waals surface area contributed by atoms with Crippen LogP contribution in [-0.4, -0.2) is 72.5 Å². The maximum Gasteiger partial charge on any atom is 0.267 e. The molecule has 36 heavy (non-hydrogen) atoms. The van der Waals surface area contributed by atoms with Crippen LogP contribution in [-0.2, 0) is 0 Å². The lowest BCUT2D eigenvalue weighted by Crippen LogP contribution is -2.54. The van der Waals surface area contributed by atoms with Gasteiger partial charge in [-0.25, -0.2) is 0 Å². The maximum absolute atomic E-state index is 13.0. The highest BCUT2D eigenvalue weighted by molar-refractivity contribution is 7.19. The van der Waals surface area contributed by atoms with E-state index in [4.69, 9.17) is 16.3 Å². The third kappa shape index (κ3) is 5.65. The highest BCUT2D eigenvalue weighted by Gasteiger charge is 2.31. The number of piperidine rings is 1. The number of carbonyl (C=O) groups excluding carboxylic acids is 1. The van der Waals surface area contributed by atoms with Crippen molar-refractivity contribution in [2.45, 2.75) is 38.8 Å². The molecule has 1 atom stereocenters. The Labute approximate surface area is 227 Å². The van der Waals surface area contributed by atoms with Crippen molar-refractivity contribution in [3.8, 4) is 16.2 Å². The largest absolute Gasteiger partial charge is 0.492 e. The number of carbonyl (C=O) groups is 1. The molecule has 2 aromatic heterocycles. The van der Waals surface area contributed by atoms with Gasteiger partial charge in [0.25, 0.3) is 5.91 Å². The second-order valence-electron chi connectivity index (χ2n) is 9.54. The quantitative estimate of drug-likeness (QED) is 0.340. The zero-order valence-electron chi connectivity index (χ0n) is 21.0. The van der Waals surface area contributed by atoms with E-state index in [9.17, 15) is 4.79 Å². The van der Waals surface area contributed by atoms with Crippen LogP contribution in [0.3, 0.4) is 0 Å². The van der Waals surface area contributed by atoms with E-state index in [1.165, 1.54) is 27.3 Å². The fourth-order valence-corrected chi connectivity index (χ4v) is 7.25. The summed E-state index contributed by atoms with van der Waals surface area (Å²) in [4.78, 5) is 22.2. The van der Waals surface area contributed by atoms with E-state index in [1.54, 1.807) is 11.3 Å². The molecule has 192 valence electrons. The number of hydrogen-bond acceptors (Lipinski definition) is 6. The summed E-state index contributed by atoms with van der Waals surface area (Å²) in [6.45, 7) is 10.8. The van der Waals surface area contributed by atoms with Crippen LogP contribution in [0.2, 0.25) is 4.34 Å². The van der Waals surface area contributed by atoms with Gasteiger partial charge in [-0.2, -0.15) is 0 Å². The molecule has 1 amide bonds. The van der Waals surface area contributed by atoms with Crippen molar-refractivity contribution < 1.29 is 9.53 Å². The molecule has 2 aliphatic heterocycles. The summed E-state index contributed by atoms with van der Waals surface area (Å²) in [5.74, 6) is 0.851. The average Bonchev–Trinajstić information content (AvgIpc) is 3.57. The van der Waals surface area contributed by atoms with Crippen molar-refractivity contribution >= 4 is 40.2 Å². The molecule has 0 spiro atoms. The van der Waals surface area contributed by atoms with E-state index in [2.05, 4.69) is 47.1 Å². The van der Waals surface area contributed by atoms with Gasteiger partial charge in [-0.3, -0.25) is 14.6 Å². The first-order valence-corrected chi connectivity index (χ1v) is 14.9. The van der Waals surface area contributed by atoms with Crippen LogP contribution in [0.25, 0.3) is 10.4 Å². The van der Waals surface area contributed by atoms with Crippen LogP contribution >= 0.6 is 34.3 Å². The highest BCUT2D eigenvalue weighted by Crippen LogP contribution is 2.33. The van der Waals surface area contributed by atoms with Crippen LogP contribution in [0.15, 0.2) is 47.8 Å². The fraction of sp³-hybridized carbons (Fsp3) is 0.464. The number of rotatable bonds is 7. The van der Waals surface area contributed by atoms with Crippen molar-refractivity contribution in [2.75, 3.05) is 45.9 Å². The minimum Gasteiger partial charge on any atom is -0.492 e. The highest BCUT2D eigenvalue weighted by atomic mass is 35.5. The molecular weight excluding hydrogens is 510 g/mol. The maximum atomic E-state index is 13.0. The minimum atomic E-state index is 0.124. The third-order valence-corrected chi connectivity index (χ3v) is 9.70. The lowest BCUT2D eigenvalue weighted by molar-refractivity contribution is 0.0401. The Bertz CT molecular complexity index is 1150. The van der Waals surface area contributed by atoms with E-state index >= 15 is 0 Å². The van der Waals surface area contributed by atoms with Crippen molar-refractivity contribution in [1.29, 1.82) is 0 Å². The Morgan fingerprint density at radius 2 is 1.75 bits per heavy atom. The van der Waals surface area contributed by atoms with Crippen molar-refractivity contribution in [3.63, 3.8) is 0 Å². The molecule has 0 aliphatic carbocycles. The molecular formula is C28H34ClN3O2S2. The molecule has 0 unspecified atom stereocenters. The van der Waals surface area contributed by atoms with Gasteiger partial charge in [-0.15, -0.1) is 22.7 Å². The number of piperazine rings is 1. The molecule has 0 radical (unpaired) electrons. The first kappa shape index (κ1) is 25.7. The smallest absolute Gasteiger partial charge is 0.267 e. The SMILES string of the molecule is CCOc1ccsc1C(=O)N1CCC(N2CCN([C@@H](C)c3ccc(-c4ccc(Cl)s4)cc3)CC2)CC1. The van der Waals surface area contributed by atoms with Crippen LogP contribution in [0, 0.1) is 0 Å². The predicted molar refractivity (Wildman–Crippen MR) is 151 cm³/mol. The summed E-state index contributed by atoms with van der Waals surface area (Å²) in [5, 5.41) is 1.94. The second kappa shape index (κ2) is 11.7. The number of nitrogens with zero attached hydrogens (tertiary/aromatic N) is 3. The number of halogens is 1. The second-order valence-corrected chi connectivity index (χ2v) is 12.2. The number of benzene rings is 1. The monoisotopic (exact) mass is 543 g/mol.